The summed E-state index contributed by atoms with van der Waals surface area (Å²) < 4.78 is 41.1. The molecule has 126 valence electrons. The summed E-state index contributed by atoms with van der Waals surface area (Å²) in [5, 5.41) is 0. The lowest BCUT2D eigenvalue weighted by atomic mass is 10.0. The Bertz CT molecular complexity index is 823. The first-order valence-electron chi connectivity index (χ1n) is 7.08. The van der Waals surface area contributed by atoms with Gasteiger partial charge >= 0.3 is 0 Å². The van der Waals surface area contributed by atoms with Crippen LogP contribution in [0, 0.1) is 5.82 Å². The number of carbonyl (C=O) groups excluding carboxylic acids is 1. The van der Waals surface area contributed by atoms with Crippen LogP contribution in [0.5, 0.6) is 5.75 Å². The molecule has 0 aromatic heterocycles. The largest absolute Gasteiger partial charge is 0.476 e. The lowest BCUT2D eigenvalue weighted by molar-refractivity contribution is -0.131. The first-order chi connectivity index (χ1) is 11.3. The molecule has 1 aliphatic heterocycles. The Morgan fingerprint density at radius 1 is 1.21 bits per heavy atom. The van der Waals surface area contributed by atoms with Crippen LogP contribution in [0.1, 0.15) is 13.8 Å². The molecule has 0 radical (unpaired) electrons. The highest BCUT2D eigenvalue weighted by Crippen LogP contribution is 2.43. The minimum atomic E-state index is -2.22. The summed E-state index contributed by atoms with van der Waals surface area (Å²) in [4.78, 5) is 14.2. The molecule has 3 rings (SSSR count). The molecule has 2 N–H and O–H groups in total. The molecule has 24 heavy (non-hydrogen) atoms. The molecule has 1 unspecified atom stereocenters. The van der Waals surface area contributed by atoms with E-state index in [4.69, 9.17) is 9.29 Å². The quantitative estimate of drug-likeness (QED) is 0.833. The van der Waals surface area contributed by atoms with Crippen LogP contribution in [0.2, 0.25) is 0 Å². The molecule has 1 amide bonds. The predicted molar refractivity (Wildman–Crippen MR) is 89.1 cm³/mol. The number of hydrogen-bond donors (Lipinski definition) is 2. The van der Waals surface area contributed by atoms with Crippen molar-refractivity contribution in [3.63, 3.8) is 0 Å². The van der Waals surface area contributed by atoms with Gasteiger partial charge in [0.25, 0.3) is 17.2 Å². The van der Waals surface area contributed by atoms with E-state index in [1.165, 1.54) is 35.2 Å². The maximum atomic E-state index is 13.2. The highest BCUT2D eigenvalue weighted by atomic mass is 32.2. The number of halogens is 1. The van der Waals surface area contributed by atoms with Gasteiger partial charge in [-0.2, -0.15) is 0 Å². The van der Waals surface area contributed by atoms with Gasteiger partial charge in [0.15, 0.2) is 5.60 Å². The Morgan fingerprint density at radius 2 is 1.88 bits per heavy atom. The number of rotatable bonds is 3. The lowest BCUT2D eigenvalue weighted by Gasteiger charge is -2.38. The van der Waals surface area contributed by atoms with Crippen molar-refractivity contribution in [3.05, 3.63) is 48.3 Å². The van der Waals surface area contributed by atoms with Crippen LogP contribution in [0.25, 0.3) is 0 Å². The number of amides is 1. The van der Waals surface area contributed by atoms with E-state index < -0.39 is 22.7 Å². The van der Waals surface area contributed by atoms with Gasteiger partial charge in [0.2, 0.25) is 0 Å². The van der Waals surface area contributed by atoms with Crippen LogP contribution in [0.4, 0.5) is 21.5 Å². The Balaban J connectivity index is 2.11. The van der Waals surface area contributed by atoms with Crippen LogP contribution >= 0.6 is 0 Å². The Morgan fingerprint density at radius 3 is 2.50 bits per heavy atom. The average molecular weight is 350 g/mol. The van der Waals surface area contributed by atoms with Crippen LogP contribution < -0.4 is 14.4 Å². The molecule has 0 fully saturated rings. The van der Waals surface area contributed by atoms with Crippen LogP contribution in [0.15, 0.2) is 42.5 Å². The van der Waals surface area contributed by atoms with Crippen molar-refractivity contribution >= 4 is 34.2 Å². The van der Waals surface area contributed by atoms with Crippen molar-refractivity contribution in [2.45, 2.75) is 19.4 Å². The van der Waals surface area contributed by atoms with Crippen molar-refractivity contribution < 1.29 is 22.7 Å². The Labute approximate surface area is 140 Å². The average Bonchev–Trinajstić information content (AvgIpc) is 2.49. The molecule has 0 saturated carbocycles. The Hall–Kier alpha value is -2.45. The number of carbonyl (C=O) groups is 1. The minimum Gasteiger partial charge on any atom is -0.476 e. The minimum absolute atomic E-state index is 0.298. The second-order valence-electron chi connectivity index (χ2n) is 5.76. The summed E-state index contributed by atoms with van der Waals surface area (Å²) >= 11 is -2.22. The SMILES string of the molecule is CC1(C)Oc2cc(NS(=O)O)ccc2N(c2ccc(F)cc2)C1=O. The van der Waals surface area contributed by atoms with Crippen molar-refractivity contribution in [1.29, 1.82) is 0 Å². The number of ether oxygens (including phenoxy) is 1. The standard InChI is InChI=1S/C16H15FN2O4S/c1-16(2)15(20)19(12-6-3-10(17)4-7-12)13-8-5-11(18-24(21)22)9-14(13)23-16/h3-9,18H,1-2H3,(H,21,22). The number of fused-ring (bicyclic) bond motifs is 1. The third-order valence-electron chi connectivity index (χ3n) is 3.57. The summed E-state index contributed by atoms with van der Waals surface area (Å²) in [6.07, 6.45) is 0. The molecule has 6 nitrogen and oxygen atoms in total. The topological polar surface area (TPSA) is 78.9 Å². The van der Waals surface area contributed by atoms with Crippen molar-refractivity contribution in [3.8, 4) is 5.75 Å². The number of nitrogens with zero attached hydrogens (tertiary/aromatic N) is 1. The van der Waals surface area contributed by atoms with E-state index in [1.807, 2.05) is 0 Å². The molecular formula is C16H15FN2O4S. The first-order valence-corrected chi connectivity index (χ1v) is 8.19. The second-order valence-corrected chi connectivity index (χ2v) is 6.47. The van der Waals surface area contributed by atoms with E-state index in [0.29, 0.717) is 22.8 Å². The predicted octanol–water partition coefficient (Wildman–Crippen LogP) is 3.21. The summed E-state index contributed by atoms with van der Waals surface area (Å²) in [6, 6.07) is 10.2. The van der Waals surface area contributed by atoms with Gasteiger partial charge in [-0.3, -0.25) is 19.0 Å². The lowest BCUT2D eigenvalue weighted by Crippen LogP contribution is -2.50. The molecule has 0 spiro atoms. The van der Waals surface area contributed by atoms with E-state index in [-0.39, 0.29) is 5.91 Å². The molecule has 2 aromatic rings. The van der Waals surface area contributed by atoms with E-state index in [2.05, 4.69) is 4.72 Å². The van der Waals surface area contributed by atoms with E-state index in [0.717, 1.165) is 0 Å². The number of anilines is 3. The van der Waals surface area contributed by atoms with E-state index in [9.17, 15) is 13.4 Å². The highest BCUT2D eigenvalue weighted by Gasteiger charge is 2.41. The van der Waals surface area contributed by atoms with E-state index >= 15 is 0 Å². The summed E-state index contributed by atoms with van der Waals surface area (Å²) in [7, 11) is 0. The van der Waals surface area contributed by atoms with Crippen LogP contribution in [0.3, 0.4) is 0 Å². The fourth-order valence-corrected chi connectivity index (χ4v) is 2.82. The first kappa shape index (κ1) is 16.4. The van der Waals surface area contributed by atoms with Gasteiger partial charge in [0.05, 0.1) is 11.4 Å². The van der Waals surface area contributed by atoms with Gasteiger partial charge < -0.3 is 4.74 Å². The van der Waals surface area contributed by atoms with Crippen LogP contribution in [-0.2, 0) is 16.1 Å². The third kappa shape index (κ3) is 2.98. The molecule has 1 atom stereocenters. The smallest absolute Gasteiger partial charge is 0.275 e. The van der Waals surface area contributed by atoms with Gasteiger partial charge in [-0.25, -0.2) is 8.60 Å². The molecule has 1 heterocycles. The van der Waals surface area contributed by atoms with Gasteiger partial charge in [-0.1, -0.05) is 0 Å². The zero-order chi connectivity index (χ0) is 17.5. The highest BCUT2D eigenvalue weighted by molar-refractivity contribution is 7.80. The summed E-state index contributed by atoms with van der Waals surface area (Å²) in [5.74, 6) is -0.323. The van der Waals surface area contributed by atoms with Gasteiger partial charge in [0, 0.05) is 11.8 Å². The number of nitrogens with one attached hydrogen (secondary N) is 1. The van der Waals surface area contributed by atoms with Crippen LogP contribution in [-0.4, -0.2) is 20.3 Å². The molecule has 2 aromatic carbocycles. The summed E-state index contributed by atoms with van der Waals surface area (Å²) in [5.41, 5.74) is 0.211. The zero-order valence-corrected chi connectivity index (χ0v) is 13.8. The number of benzene rings is 2. The maximum absolute atomic E-state index is 13.2. The molecule has 0 aliphatic carbocycles. The Kier molecular flexibility index (Phi) is 4.02. The van der Waals surface area contributed by atoms with Crippen molar-refractivity contribution in [2.24, 2.45) is 0 Å². The molecule has 1 aliphatic rings. The third-order valence-corrected chi connectivity index (χ3v) is 3.98. The zero-order valence-electron chi connectivity index (χ0n) is 12.9. The molecule has 8 heteroatoms. The monoisotopic (exact) mass is 350 g/mol. The van der Waals surface area contributed by atoms with Gasteiger partial charge in [-0.15, -0.1) is 0 Å². The molecule has 0 bridgehead atoms. The van der Waals surface area contributed by atoms with Gasteiger partial charge in [-0.05, 0) is 50.2 Å². The number of hydrogen-bond acceptors (Lipinski definition) is 3. The molecule has 0 saturated heterocycles. The molecular weight excluding hydrogens is 335 g/mol. The van der Waals surface area contributed by atoms with E-state index in [1.54, 1.807) is 26.0 Å². The van der Waals surface area contributed by atoms with Gasteiger partial charge in [0.1, 0.15) is 11.6 Å². The maximum Gasteiger partial charge on any atom is 0.275 e. The van der Waals surface area contributed by atoms with Crippen molar-refractivity contribution in [2.75, 3.05) is 9.62 Å². The fourth-order valence-electron chi connectivity index (χ4n) is 2.49. The van der Waals surface area contributed by atoms with Crippen molar-refractivity contribution in [1.82, 2.24) is 0 Å². The second kappa shape index (κ2) is 5.88. The normalized spacial score (nSPS) is 17.0. The fraction of sp³-hybridized carbons (Fsp3) is 0.188. The summed E-state index contributed by atoms with van der Waals surface area (Å²) in [6.45, 7) is 3.25.